The van der Waals surface area contributed by atoms with Gasteiger partial charge in [0.1, 0.15) is 18.3 Å². The van der Waals surface area contributed by atoms with Crippen molar-refractivity contribution in [2.75, 3.05) is 19.0 Å². The van der Waals surface area contributed by atoms with Crippen LogP contribution >= 0.6 is 0 Å². The highest BCUT2D eigenvalue weighted by molar-refractivity contribution is 5.94. The molecular formula is C32H44F3N5O7. The van der Waals surface area contributed by atoms with Gasteiger partial charge in [-0.2, -0.15) is 13.2 Å². The molecular weight excluding hydrogens is 623 g/mol. The highest BCUT2D eigenvalue weighted by Crippen LogP contribution is 2.37. The van der Waals surface area contributed by atoms with Crippen molar-refractivity contribution in [2.45, 2.75) is 89.6 Å². The van der Waals surface area contributed by atoms with Crippen LogP contribution in [-0.2, 0) is 31.8 Å². The Morgan fingerprint density at radius 2 is 1.62 bits per heavy atom. The number of methoxy groups -OCH3 is 1. The van der Waals surface area contributed by atoms with E-state index in [0.29, 0.717) is 0 Å². The summed E-state index contributed by atoms with van der Waals surface area (Å²) in [5.74, 6) is -0.743. The largest absolute Gasteiger partial charge is 0.416 e. The fraction of sp³-hybridized carbons (Fsp3) is 0.500. The highest BCUT2D eigenvalue weighted by Gasteiger charge is 2.38. The molecule has 0 spiro atoms. The number of amides is 1. The first-order valence-corrected chi connectivity index (χ1v) is 14.8. The summed E-state index contributed by atoms with van der Waals surface area (Å²) in [5.41, 5.74) is -2.31. The average Bonchev–Trinajstić information content (AvgIpc) is 3.43. The Bertz CT molecular complexity index is 1420. The van der Waals surface area contributed by atoms with Gasteiger partial charge in [0.15, 0.2) is 12.1 Å². The maximum atomic E-state index is 13.8. The van der Waals surface area contributed by atoms with Gasteiger partial charge in [-0.3, -0.25) is 15.4 Å². The summed E-state index contributed by atoms with van der Waals surface area (Å²) in [7, 11) is 1.15. The third-order valence-electron chi connectivity index (χ3n) is 6.99. The molecule has 0 saturated carbocycles. The number of hydrogen-bond donors (Lipinski definition) is 6. The van der Waals surface area contributed by atoms with E-state index in [1.165, 1.54) is 29.0 Å². The molecule has 0 aliphatic rings. The number of carbonyl (C=O) groups is 1. The number of aliphatic hydroxyl groups is 3. The third-order valence-corrected chi connectivity index (χ3v) is 6.99. The Labute approximate surface area is 271 Å². The predicted octanol–water partition coefficient (Wildman–Crippen LogP) is 3.35. The van der Waals surface area contributed by atoms with Gasteiger partial charge in [0.05, 0.1) is 36.2 Å². The highest BCUT2D eigenvalue weighted by atomic mass is 19.4. The number of nitrogens with zero attached hydrogens (tertiary/aromatic N) is 2. The van der Waals surface area contributed by atoms with E-state index < -0.39 is 59.8 Å². The number of ether oxygens (including phenoxy) is 3. The van der Waals surface area contributed by atoms with Crippen molar-refractivity contribution in [3.05, 3.63) is 83.8 Å². The van der Waals surface area contributed by atoms with Crippen LogP contribution in [0.15, 0.2) is 67.1 Å². The van der Waals surface area contributed by atoms with Crippen molar-refractivity contribution in [3.63, 3.8) is 0 Å². The second-order valence-electron chi connectivity index (χ2n) is 12.4. The molecule has 3 aromatic rings. The lowest BCUT2D eigenvalue weighted by Crippen LogP contribution is -2.63. The number of nitrogens with one attached hydrogen (secondary N) is 3. The van der Waals surface area contributed by atoms with Gasteiger partial charge in [-0.25, -0.2) is 4.98 Å². The van der Waals surface area contributed by atoms with E-state index in [1.807, 2.05) is 30.3 Å². The van der Waals surface area contributed by atoms with E-state index >= 15 is 0 Å². The second-order valence-corrected chi connectivity index (χ2v) is 12.4. The quantitative estimate of drug-likeness (QED) is 0.125. The maximum Gasteiger partial charge on any atom is 0.416 e. The maximum absolute atomic E-state index is 13.8. The minimum absolute atomic E-state index is 0.0523. The summed E-state index contributed by atoms with van der Waals surface area (Å²) in [6.45, 7) is 8.37. The van der Waals surface area contributed by atoms with Crippen molar-refractivity contribution in [2.24, 2.45) is 0 Å². The first kappa shape index (κ1) is 38.0. The molecule has 1 amide bonds. The molecule has 0 aliphatic carbocycles. The minimum atomic E-state index is -4.71. The molecule has 260 valence electrons. The topological polar surface area (TPSA) is 159 Å². The van der Waals surface area contributed by atoms with Gasteiger partial charge in [0, 0.05) is 13.3 Å². The molecule has 47 heavy (non-hydrogen) atoms. The number of alkyl halides is 3. The molecule has 3 rings (SSSR count). The summed E-state index contributed by atoms with van der Waals surface area (Å²) >= 11 is 0. The lowest BCUT2D eigenvalue weighted by Gasteiger charge is -2.37. The molecule has 1 heterocycles. The number of rotatable bonds is 16. The van der Waals surface area contributed by atoms with Gasteiger partial charge in [-0.05, 0) is 51.8 Å². The standard InChI is InChI=1S/C32H44F3N5O7/c1-30(2,3)47-29(44)39-31(4,5)28(43)37-23(18-46-17-20-12-8-7-9-13-20)26(41)38-24-16-40(19-36-24)25(27(42)45-6)21-14-10-11-15-22(21)32(33,34)35/h7-16,19,23,25,27-29,37,39,42-44H,17-18H2,1-6H3,(H,38,41)/t23-,25?,27?,28?,29?/m1/s1. The zero-order chi connectivity index (χ0) is 35.0. The molecule has 0 fully saturated rings. The Morgan fingerprint density at radius 1 is 0.979 bits per heavy atom. The lowest BCUT2D eigenvalue weighted by molar-refractivity contribution is -0.197. The summed E-state index contributed by atoms with van der Waals surface area (Å²) in [6.07, 6.45) is -6.86. The van der Waals surface area contributed by atoms with Gasteiger partial charge in [0.25, 0.3) is 0 Å². The normalized spacial score (nSPS) is 15.9. The molecule has 1 aromatic heterocycles. The van der Waals surface area contributed by atoms with E-state index in [9.17, 15) is 33.3 Å². The van der Waals surface area contributed by atoms with E-state index in [2.05, 4.69) is 20.9 Å². The number of aliphatic hydroxyl groups excluding tert-OH is 3. The van der Waals surface area contributed by atoms with Crippen LogP contribution in [0.5, 0.6) is 0 Å². The average molecular weight is 668 g/mol. The smallest absolute Gasteiger partial charge is 0.377 e. The van der Waals surface area contributed by atoms with Crippen molar-refractivity contribution in [3.8, 4) is 0 Å². The van der Waals surface area contributed by atoms with Gasteiger partial charge in [0.2, 0.25) is 12.3 Å². The van der Waals surface area contributed by atoms with Crippen LogP contribution in [0.1, 0.15) is 57.4 Å². The Morgan fingerprint density at radius 3 is 2.23 bits per heavy atom. The zero-order valence-corrected chi connectivity index (χ0v) is 27.2. The monoisotopic (exact) mass is 667 g/mol. The van der Waals surface area contributed by atoms with Crippen molar-refractivity contribution >= 4 is 11.7 Å². The molecule has 6 N–H and O–H groups in total. The molecule has 4 unspecified atom stereocenters. The molecule has 5 atom stereocenters. The van der Waals surface area contributed by atoms with Crippen molar-refractivity contribution in [1.82, 2.24) is 20.2 Å². The Balaban J connectivity index is 1.82. The number of hydrogen-bond acceptors (Lipinski definition) is 10. The summed E-state index contributed by atoms with van der Waals surface area (Å²) in [5, 5.41) is 40.2. The molecule has 12 nitrogen and oxygen atoms in total. The number of aromatic nitrogens is 2. The van der Waals surface area contributed by atoms with E-state index in [1.54, 1.807) is 34.6 Å². The Kier molecular flexibility index (Phi) is 13.1. The van der Waals surface area contributed by atoms with Crippen LogP contribution in [0.25, 0.3) is 0 Å². The van der Waals surface area contributed by atoms with E-state index in [-0.39, 0.29) is 24.6 Å². The SMILES string of the molecule is COC(O)C(c1ccccc1C(F)(F)F)n1cnc(NC(=O)[C@@H](COCc2ccccc2)NC(O)C(C)(C)NC(O)OC(C)(C)C)c1. The van der Waals surface area contributed by atoms with E-state index in [0.717, 1.165) is 25.1 Å². The summed E-state index contributed by atoms with van der Waals surface area (Å²) in [6, 6.07) is 11.4. The number of halogens is 3. The molecule has 0 radical (unpaired) electrons. The summed E-state index contributed by atoms with van der Waals surface area (Å²) in [4.78, 5) is 17.6. The van der Waals surface area contributed by atoms with Crippen LogP contribution in [0.3, 0.4) is 0 Å². The van der Waals surface area contributed by atoms with Gasteiger partial charge >= 0.3 is 6.18 Å². The number of carbonyl (C=O) groups excluding carboxylic acids is 1. The van der Waals surface area contributed by atoms with Crippen molar-refractivity contribution < 1.29 is 47.5 Å². The number of imidazole rings is 1. The molecule has 15 heteroatoms. The predicted molar refractivity (Wildman–Crippen MR) is 167 cm³/mol. The first-order valence-electron chi connectivity index (χ1n) is 14.8. The van der Waals surface area contributed by atoms with Crippen LogP contribution in [0.4, 0.5) is 19.0 Å². The molecule has 0 bridgehead atoms. The van der Waals surface area contributed by atoms with Gasteiger partial charge < -0.3 is 39.4 Å². The summed E-state index contributed by atoms with van der Waals surface area (Å²) < 4.78 is 58.9. The van der Waals surface area contributed by atoms with Crippen molar-refractivity contribution in [1.29, 1.82) is 0 Å². The molecule has 2 aromatic carbocycles. The first-order chi connectivity index (χ1) is 21.9. The fourth-order valence-corrected chi connectivity index (χ4v) is 4.60. The lowest BCUT2D eigenvalue weighted by atomic mass is 9.99. The second kappa shape index (κ2) is 16.1. The third kappa shape index (κ3) is 11.4. The van der Waals surface area contributed by atoms with Gasteiger partial charge in [-0.15, -0.1) is 0 Å². The number of benzene rings is 2. The van der Waals surface area contributed by atoms with Crippen LogP contribution in [-0.4, -0.2) is 80.6 Å². The minimum Gasteiger partial charge on any atom is -0.377 e. The fourth-order valence-electron chi connectivity index (χ4n) is 4.60. The molecule has 0 saturated heterocycles. The van der Waals surface area contributed by atoms with Crippen LogP contribution in [0.2, 0.25) is 0 Å². The Hall–Kier alpha value is -3.41. The van der Waals surface area contributed by atoms with Crippen LogP contribution in [0, 0.1) is 0 Å². The molecule has 0 aliphatic heterocycles. The van der Waals surface area contributed by atoms with E-state index in [4.69, 9.17) is 14.2 Å². The number of anilines is 1. The zero-order valence-electron chi connectivity index (χ0n) is 27.2. The van der Waals surface area contributed by atoms with Gasteiger partial charge in [-0.1, -0.05) is 48.5 Å². The van der Waals surface area contributed by atoms with Crippen LogP contribution < -0.4 is 16.0 Å².